The molecule has 1 saturated heterocycles. The third-order valence-electron chi connectivity index (χ3n) is 6.11. The normalized spacial score (nSPS) is 23.0. The third-order valence-corrected chi connectivity index (χ3v) is 6.11. The molecular formula is C23H38N2O4. The largest absolute Gasteiger partial charge is 0.344 e. The molecule has 1 N–H and O–H groups in total. The second-order valence-corrected chi connectivity index (χ2v) is 9.44. The van der Waals surface area contributed by atoms with Crippen molar-refractivity contribution < 1.29 is 19.2 Å². The summed E-state index contributed by atoms with van der Waals surface area (Å²) in [6.45, 7) is 7.84. The van der Waals surface area contributed by atoms with Crippen molar-refractivity contribution in [3.63, 3.8) is 0 Å². The van der Waals surface area contributed by atoms with E-state index < -0.39 is 23.7 Å². The molecule has 3 atom stereocenters. The third kappa shape index (κ3) is 7.23. The maximum absolute atomic E-state index is 13.3. The zero-order valence-corrected chi connectivity index (χ0v) is 18.5. The first kappa shape index (κ1) is 23.6. The van der Waals surface area contributed by atoms with Gasteiger partial charge in [0.15, 0.2) is 5.78 Å². The summed E-state index contributed by atoms with van der Waals surface area (Å²) in [7, 11) is 0. The first-order chi connectivity index (χ1) is 13.7. The molecule has 1 unspecified atom stereocenters. The van der Waals surface area contributed by atoms with Gasteiger partial charge >= 0.3 is 0 Å². The number of ketones is 2. The lowest BCUT2D eigenvalue weighted by Crippen LogP contribution is -2.55. The van der Waals surface area contributed by atoms with E-state index in [1.807, 2.05) is 20.8 Å². The van der Waals surface area contributed by atoms with E-state index in [4.69, 9.17) is 0 Å². The molecule has 2 rings (SSSR count). The SMILES string of the molecule is CC(=O)C(=O)C(CC1CC1)NC(=O)[C@H](CC(C)C)N1CCCCCC[C@H](C)C1=O. The molecule has 6 heteroatoms. The van der Waals surface area contributed by atoms with Crippen molar-refractivity contribution in [2.75, 3.05) is 6.54 Å². The molecule has 29 heavy (non-hydrogen) atoms. The van der Waals surface area contributed by atoms with Gasteiger partial charge in [-0.15, -0.1) is 0 Å². The standard InChI is InChI=1S/C23H38N2O4/c1-15(2)13-20(25-12-8-6-5-7-9-16(3)23(25)29)22(28)24-19(14-18-10-11-18)21(27)17(4)26/h15-16,18-20H,5-14H2,1-4H3,(H,24,28)/t16-,19?,20-/m0/s1. The van der Waals surface area contributed by atoms with Crippen LogP contribution in [0.2, 0.25) is 0 Å². The molecule has 0 bridgehead atoms. The molecule has 0 aromatic rings. The predicted molar refractivity (Wildman–Crippen MR) is 112 cm³/mol. The van der Waals surface area contributed by atoms with Gasteiger partial charge in [0.1, 0.15) is 6.04 Å². The quantitative estimate of drug-likeness (QED) is 0.596. The van der Waals surface area contributed by atoms with Crippen LogP contribution in [0.25, 0.3) is 0 Å². The van der Waals surface area contributed by atoms with E-state index in [1.165, 1.54) is 6.92 Å². The van der Waals surface area contributed by atoms with Crippen molar-refractivity contribution in [1.29, 1.82) is 0 Å². The smallest absolute Gasteiger partial charge is 0.243 e. The Balaban J connectivity index is 2.20. The van der Waals surface area contributed by atoms with Gasteiger partial charge in [0.25, 0.3) is 0 Å². The van der Waals surface area contributed by atoms with Crippen LogP contribution in [0.15, 0.2) is 0 Å². The highest BCUT2D eigenvalue weighted by Gasteiger charge is 2.37. The zero-order valence-electron chi connectivity index (χ0n) is 18.5. The van der Waals surface area contributed by atoms with Crippen molar-refractivity contribution in [3.8, 4) is 0 Å². The topological polar surface area (TPSA) is 83.6 Å². The van der Waals surface area contributed by atoms with Crippen LogP contribution in [0.3, 0.4) is 0 Å². The van der Waals surface area contributed by atoms with E-state index >= 15 is 0 Å². The maximum Gasteiger partial charge on any atom is 0.243 e. The zero-order chi connectivity index (χ0) is 21.6. The summed E-state index contributed by atoms with van der Waals surface area (Å²) in [6.07, 6.45) is 8.08. The van der Waals surface area contributed by atoms with Gasteiger partial charge in [0.05, 0.1) is 6.04 Å². The van der Waals surface area contributed by atoms with Gasteiger partial charge in [-0.2, -0.15) is 0 Å². The molecule has 1 heterocycles. The Bertz CT molecular complexity index is 612. The molecule has 0 aromatic heterocycles. The number of hydrogen-bond acceptors (Lipinski definition) is 4. The predicted octanol–water partition coefficient (Wildman–Crippen LogP) is 3.27. The minimum Gasteiger partial charge on any atom is -0.344 e. The highest BCUT2D eigenvalue weighted by molar-refractivity contribution is 6.38. The summed E-state index contributed by atoms with van der Waals surface area (Å²) in [5.74, 6) is -0.785. The Morgan fingerprint density at radius 2 is 1.72 bits per heavy atom. The van der Waals surface area contributed by atoms with Crippen molar-refractivity contribution in [2.45, 2.75) is 97.6 Å². The number of nitrogens with one attached hydrogen (secondary N) is 1. The Hall–Kier alpha value is -1.72. The molecule has 164 valence electrons. The highest BCUT2D eigenvalue weighted by atomic mass is 16.2. The minimum atomic E-state index is -0.771. The van der Waals surface area contributed by atoms with Crippen LogP contribution in [-0.4, -0.2) is 46.9 Å². The number of carbonyl (C=O) groups is 4. The molecular weight excluding hydrogens is 368 g/mol. The number of hydrogen-bond donors (Lipinski definition) is 1. The minimum absolute atomic E-state index is 0.0318. The first-order valence-corrected chi connectivity index (χ1v) is 11.4. The lowest BCUT2D eigenvalue weighted by Gasteiger charge is -2.34. The van der Waals surface area contributed by atoms with Crippen molar-refractivity contribution in [1.82, 2.24) is 10.2 Å². The van der Waals surface area contributed by atoms with Crippen molar-refractivity contribution in [2.24, 2.45) is 17.8 Å². The Labute approximate surface area is 175 Å². The van der Waals surface area contributed by atoms with Crippen LogP contribution in [0, 0.1) is 17.8 Å². The fourth-order valence-electron chi connectivity index (χ4n) is 4.17. The molecule has 0 spiro atoms. The summed E-state index contributed by atoms with van der Waals surface area (Å²) in [6, 6.07) is -1.36. The second-order valence-electron chi connectivity index (χ2n) is 9.44. The van der Waals surface area contributed by atoms with E-state index in [1.54, 1.807) is 4.90 Å². The first-order valence-electron chi connectivity index (χ1n) is 11.4. The van der Waals surface area contributed by atoms with E-state index in [2.05, 4.69) is 5.32 Å². The van der Waals surface area contributed by atoms with Crippen LogP contribution in [0.5, 0.6) is 0 Å². The second kappa shape index (κ2) is 10.9. The highest BCUT2D eigenvalue weighted by Crippen LogP contribution is 2.34. The van der Waals surface area contributed by atoms with Gasteiger partial charge < -0.3 is 10.2 Å². The van der Waals surface area contributed by atoms with Crippen molar-refractivity contribution in [3.05, 3.63) is 0 Å². The van der Waals surface area contributed by atoms with Crippen LogP contribution in [0.1, 0.15) is 85.5 Å². The number of Topliss-reactive ketones (excluding diaryl/α,β-unsaturated/α-hetero) is 2. The molecule has 1 aliphatic carbocycles. The number of amides is 2. The molecule has 0 radical (unpaired) electrons. The molecule has 1 aliphatic heterocycles. The summed E-state index contributed by atoms with van der Waals surface area (Å²) >= 11 is 0. The maximum atomic E-state index is 13.3. The fraction of sp³-hybridized carbons (Fsp3) is 0.826. The Kier molecular flexibility index (Phi) is 8.84. The van der Waals surface area contributed by atoms with Crippen LogP contribution in [0.4, 0.5) is 0 Å². The van der Waals surface area contributed by atoms with Crippen molar-refractivity contribution >= 4 is 23.4 Å². The van der Waals surface area contributed by atoms with E-state index in [0.717, 1.165) is 44.9 Å². The van der Waals surface area contributed by atoms with E-state index in [-0.39, 0.29) is 23.7 Å². The molecule has 6 nitrogen and oxygen atoms in total. The summed E-state index contributed by atoms with van der Waals surface area (Å²) in [5.41, 5.74) is 0. The van der Waals surface area contributed by atoms with Gasteiger partial charge in [-0.3, -0.25) is 19.2 Å². The van der Waals surface area contributed by atoms with Gasteiger partial charge in [-0.1, -0.05) is 52.9 Å². The van der Waals surface area contributed by atoms with Gasteiger partial charge in [0, 0.05) is 19.4 Å². The fourth-order valence-corrected chi connectivity index (χ4v) is 4.17. The Morgan fingerprint density at radius 3 is 2.31 bits per heavy atom. The van der Waals surface area contributed by atoms with Gasteiger partial charge in [0.2, 0.25) is 17.6 Å². The summed E-state index contributed by atoms with van der Waals surface area (Å²) < 4.78 is 0. The van der Waals surface area contributed by atoms with Gasteiger partial charge in [-0.05, 0) is 37.5 Å². The van der Waals surface area contributed by atoms with E-state index in [9.17, 15) is 19.2 Å². The van der Waals surface area contributed by atoms with Crippen LogP contribution < -0.4 is 5.32 Å². The molecule has 2 fully saturated rings. The van der Waals surface area contributed by atoms with Crippen LogP contribution in [-0.2, 0) is 19.2 Å². The average molecular weight is 407 g/mol. The molecule has 2 amide bonds. The average Bonchev–Trinajstić information content (AvgIpc) is 3.46. The number of rotatable bonds is 9. The lowest BCUT2D eigenvalue weighted by atomic mass is 9.97. The number of carbonyl (C=O) groups excluding carboxylic acids is 4. The van der Waals surface area contributed by atoms with Crippen LogP contribution >= 0.6 is 0 Å². The van der Waals surface area contributed by atoms with Gasteiger partial charge in [-0.25, -0.2) is 0 Å². The molecule has 1 saturated carbocycles. The molecule has 2 aliphatic rings. The Morgan fingerprint density at radius 1 is 1.07 bits per heavy atom. The monoisotopic (exact) mass is 406 g/mol. The number of nitrogens with zero attached hydrogens (tertiary/aromatic N) is 1. The lowest BCUT2D eigenvalue weighted by molar-refractivity contribution is -0.145. The summed E-state index contributed by atoms with van der Waals surface area (Å²) in [4.78, 5) is 52.2. The van der Waals surface area contributed by atoms with E-state index in [0.29, 0.717) is 25.3 Å². The molecule has 0 aromatic carbocycles. The summed E-state index contributed by atoms with van der Waals surface area (Å²) in [5, 5.41) is 2.86.